The number of phenolic OH excluding ortho intramolecular Hbond substituents is 1. The number of aliphatic hydroxyl groups is 4. The van der Waals surface area contributed by atoms with Crippen molar-refractivity contribution in [3.63, 3.8) is 0 Å². The van der Waals surface area contributed by atoms with Crippen molar-refractivity contribution in [2.75, 3.05) is 13.7 Å². The summed E-state index contributed by atoms with van der Waals surface area (Å²) in [5.41, 5.74) is 1.61. The van der Waals surface area contributed by atoms with Crippen LogP contribution in [0.4, 0.5) is 0 Å². The van der Waals surface area contributed by atoms with Gasteiger partial charge in [0.2, 0.25) is 6.29 Å². The van der Waals surface area contributed by atoms with Crippen molar-refractivity contribution in [2.24, 2.45) is 0 Å². The Labute approximate surface area is 195 Å². The Bertz CT molecular complexity index is 1010. The predicted octanol–water partition coefficient (Wildman–Crippen LogP) is 0.294. The van der Waals surface area contributed by atoms with E-state index in [1.165, 1.54) is 12.1 Å². The Morgan fingerprint density at radius 2 is 1.76 bits per heavy atom. The summed E-state index contributed by atoms with van der Waals surface area (Å²) in [6, 6.07) is 10.3. The van der Waals surface area contributed by atoms with E-state index < -0.39 is 49.4 Å². The number of methoxy groups -OCH3 is 1. The molecule has 34 heavy (non-hydrogen) atoms. The lowest BCUT2D eigenvalue weighted by Crippen LogP contribution is -2.60. The molecule has 0 spiro atoms. The molecule has 0 unspecified atom stereocenters. The van der Waals surface area contributed by atoms with Crippen molar-refractivity contribution < 1.29 is 49.3 Å². The lowest BCUT2D eigenvalue weighted by atomic mass is 9.94. The summed E-state index contributed by atoms with van der Waals surface area (Å²) in [5, 5.41) is 49.8. The molecule has 0 amide bonds. The molecule has 10 nitrogen and oxygen atoms in total. The molecule has 2 aromatic carbocycles. The Hall–Kier alpha value is -2.89. The molecule has 1 saturated heterocycles. The minimum atomic E-state index is -1.60. The van der Waals surface area contributed by atoms with Gasteiger partial charge in [-0.05, 0) is 42.2 Å². The van der Waals surface area contributed by atoms with Gasteiger partial charge in [-0.15, -0.1) is 0 Å². The van der Waals surface area contributed by atoms with Gasteiger partial charge in [0.1, 0.15) is 53.3 Å². The number of carbonyl (C=O) groups is 1. The maximum Gasteiger partial charge on any atom is 0.342 e. The third kappa shape index (κ3) is 4.96. The van der Waals surface area contributed by atoms with E-state index in [2.05, 4.69) is 0 Å². The average Bonchev–Trinajstić information content (AvgIpc) is 2.83. The van der Waals surface area contributed by atoms with Crippen molar-refractivity contribution in [1.82, 2.24) is 0 Å². The topological polar surface area (TPSA) is 155 Å². The smallest absolute Gasteiger partial charge is 0.342 e. The first-order valence-corrected chi connectivity index (χ1v) is 11.0. The third-order valence-corrected chi connectivity index (χ3v) is 6.11. The van der Waals surface area contributed by atoms with Crippen LogP contribution in [0, 0.1) is 0 Å². The molecule has 0 saturated carbocycles. The van der Waals surface area contributed by atoms with E-state index in [1.54, 1.807) is 7.11 Å². The minimum absolute atomic E-state index is 0.0434. The number of benzene rings is 2. The summed E-state index contributed by atoms with van der Waals surface area (Å²) in [5.74, 6) is -0.151. The molecule has 0 radical (unpaired) electrons. The lowest BCUT2D eigenvalue weighted by Gasteiger charge is -2.39. The van der Waals surface area contributed by atoms with Crippen LogP contribution in [0.1, 0.15) is 27.9 Å². The number of cyclic esters (lactones) is 1. The van der Waals surface area contributed by atoms with E-state index in [-0.39, 0.29) is 17.1 Å². The van der Waals surface area contributed by atoms with Crippen LogP contribution in [-0.4, -0.2) is 82.0 Å². The number of aryl methyl sites for hydroxylation is 1. The van der Waals surface area contributed by atoms with Gasteiger partial charge in [-0.25, -0.2) is 4.79 Å². The van der Waals surface area contributed by atoms with Gasteiger partial charge in [0.05, 0.1) is 13.7 Å². The number of rotatable bonds is 7. The van der Waals surface area contributed by atoms with Crippen molar-refractivity contribution >= 4 is 5.97 Å². The van der Waals surface area contributed by atoms with Gasteiger partial charge in [0, 0.05) is 12.5 Å². The zero-order chi connectivity index (χ0) is 24.4. The first-order chi connectivity index (χ1) is 16.3. The summed E-state index contributed by atoms with van der Waals surface area (Å²) in [7, 11) is 1.60. The lowest BCUT2D eigenvalue weighted by molar-refractivity contribution is -0.277. The molecule has 0 bridgehead atoms. The highest BCUT2D eigenvalue weighted by molar-refractivity contribution is 5.95. The van der Waals surface area contributed by atoms with E-state index in [0.717, 1.165) is 11.3 Å². The van der Waals surface area contributed by atoms with Crippen LogP contribution in [0.5, 0.6) is 17.2 Å². The fourth-order valence-electron chi connectivity index (χ4n) is 4.20. The minimum Gasteiger partial charge on any atom is -0.507 e. The molecule has 0 aliphatic carbocycles. The second-order valence-corrected chi connectivity index (χ2v) is 8.41. The first-order valence-electron chi connectivity index (χ1n) is 11.0. The highest BCUT2D eigenvalue weighted by atomic mass is 16.7. The summed E-state index contributed by atoms with van der Waals surface area (Å²) in [6.45, 7) is -0.595. The van der Waals surface area contributed by atoms with Gasteiger partial charge in [-0.2, -0.15) is 0 Å². The molecule has 2 aliphatic heterocycles. The zero-order valence-electron chi connectivity index (χ0n) is 18.5. The molecule has 2 aliphatic rings. The first kappa shape index (κ1) is 24.2. The molecule has 10 heteroatoms. The Kier molecular flexibility index (Phi) is 7.24. The van der Waals surface area contributed by atoms with Crippen LogP contribution in [0.3, 0.4) is 0 Å². The van der Waals surface area contributed by atoms with Gasteiger partial charge in [0.25, 0.3) is 0 Å². The van der Waals surface area contributed by atoms with Crippen LogP contribution in [-0.2, 0) is 22.3 Å². The van der Waals surface area contributed by atoms with Crippen LogP contribution in [0.25, 0.3) is 0 Å². The molecule has 2 heterocycles. The van der Waals surface area contributed by atoms with E-state index in [9.17, 15) is 30.3 Å². The molecular weight excluding hydrogens is 448 g/mol. The number of carbonyl (C=O) groups excluding carboxylic acids is 1. The third-order valence-electron chi connectivity index (χ3n) is 6.11. The summed E-state index contributed by atoms with van der Waals surface area (Å²) in [4.78, 5) is 12.5. The molecular formula is C24H28O10. The second kappa shape index (κ2) is 10.2. The van der Waals surface area contributed by atoms with Crippen molar-refractivity contribution in [3.8, 4) is 17.2 Å². The fraction of sp³-hybridized carbons (Fsp3) is 0.458. The molecule has 4 rings (SSSR count). The Morgan fingerprint density at radius 3 is 2.44 bits per heavy atom. The van der Waals surface area contributed by atoms with E-state index >= 15 is 0 Å². The molecule has 5 N–H and O–H groups in total. The number of fused-ring (bicyclic) bond motifs is 1. The van der Waals surface area contributed by atoms with E-state index in [1.807, 2.05) is 24.3 Å². The highest BCUT2D eigenvalue weighted by Crippen LogP contribution is 2.35. The quantitative estimate of drug-likeness (QED) is 0.352. The molecule has 6 atom stereocenters. The highest BCUT2D eigenvalue weighted by Gasteiger charge is 2.45. The number of phenols is 1. The Morgan fingerprint density at radius 1 is 1.03 bits per heavy atom. The normalized spacial score (nSPS) is 28.7. The number of ether oxygens (including phenoxy) is 4. The summed E-state index contributed by atoms with van der Waals surface area (Å²) >= 11 is 0. The van der Waals surface area contributed by atoms with Crippen LogP contribution in [0.15, 0.2) is 36.4 Å². The molecule has 0 aromatic heterocycles. The predicted molar refractivity (Wildman–Crippen MR) is 117 cm³/mol. The van der Waals surface area contributed by atoms with E-state index in [0.29, 0.717) is 24.8 Å². The van der Waals surface area contributed by atoms with Gasteiger partial charge >= 0.3 is 5.97 Å². The zero-order valence-corrected chi connectivity index (χ0v) is 18.5. The average molecular weight is 476 g/mol. The van der Waals surface area contributed by atoms with Crippen LogP contribution in [0.2, 0.25) is 0 Å². The molecule has 184 valence electrons. The van der Waals surface area contributed by atoms with Crippen LogP contribution >= 0.6 is 0 Å². The molecule has 1 fully saturated rings. The summed E-state index contributed by atoms with van der Waals surface area (Å²) < 4.78 is 21.6. The Balaban J connectivity index is 1.47. The maximum atomic E-state index is 12.5. The second-order valence-electron chi connectivity index (χ2n) is 8.41. The maximum absolute atomic E-state index is 12.5. The molecule has 2 aromatic rings. The van der Waals surface area contributed by atoms with Crippen LogP contribution < -0.4 is 9.47 Å². The van der Waals surface area contributed by atoms with Gasteiger partial charge < -0.3 is 44.5 Å². The number of aliphatic hydroxyl groups excluding tert-OH is 4. The SMILES string of the molecule is COc1ccc(CC[C@H]2Cc3cc(O[C@H]4O[C@H](CO)[C@@H](O)[C@H](O)[C@H]4O)cc(O)c3C(=O)O2)cc1. The number of hydrogen-bond donors (Lipinski definition) is 5. The fourth-order valence-corrected chi connectivity index (χ4v) is 4.20. The van der Waals surface area contributed by atoms with Gasteiger partial charge in [0.15, 0.2) is 0 Å². The van der Waals surface area contributed by atoms with Crippen molar-refractivity contribution in [1.29, 1.82) is 0 Å². The number of esters is 1. The summed E-state index contributed by atoms with van der Waals surface area (Å²) in [6.07, 6.45) is -6.09. The van der Waals surface area contributed by atoms with Crippen molar-refractivity contribution in [2.45, 2.75) is 56.1 Å². The standard InChI is InChI=1S/C24H28O10/c1-31-14-5-2-12(3-6-14)4-7-15-8-13-9-16(10-17(26)19(13)23(30)32-15)33-24-22(29)21(28)20(27)18(11-25)34-24/h2-3,5-6,9-10,15,18,20-22,24-29H,4,7-8,11H2,1H3/t15-,18+,20+,21-,22+,24-/m0/s1. The van der Waals surface area contributed by atoms with Crippen molar-refractivity contribution in [3.05, 3.63) is 53.1 Å². The largest absolute Gasteiger partial charge is 0.507 e. The number of hydrogen-bond acceptors (Lipinski definition) is 10. The monoisotopic (exact) mass is 476 g/mol. The number of aromatic hydroxyl groups is 1. The van der Waals surface area contributed by atoms with Gasteiger partial charge in [-0.1, -0.05) is 12.1 Å². The van der Waals surface area contributed by atoms with E-state index in [4.69, 9.17) is 18.9 Å². The van der Waals surface area contributed by atoms with Gasteiger partial charge in [-0.3, -0.25) is 0 Å².